The lowest BCUT2D eigenvalue weighted by Gasteiger charge is -2.35. The van der Waals surface area contributed by atoms with Gasteiger partial charge in [0.25, 0.3) is 11.6 Å². The maximum atomic E-state index is 13.4. The van der Waals surface area contributed by atoms with E-state index in [-0.39, 0.29) is 45.8 Å². The molecule has 41 heavy (non-hydrogen) atoms. The molecular weight excluding hydrogens is 579 g/mol. The number of ether oxygens (including phenoxy) is 1. The summed E-state index contributed by atoms with van der Waals surface area (Å²) in [6.07, 6.45) is 0. The number of carbonyl (C=O) groups excluding carboxylic acids is 2. The first-order chi connectivity index (χ1) is 19.4. The minimum absolute atomic E-state index is 0.0430. The number of halogens is 2. The van der Waals surface area contributed by atoms with E-state index in [1.807, 2.05) is 4.90 Å². The number of amides is 1. The van der Waals surface area contributed by atoms with Gasteiger partial charge in [-0.1, -0.05) is 11.6 Å². The summed E-state index contributed by atoms with van der Waals surface area (Å²) in [5.41, 5.74) is 1.65. The Bertz CT molecular complexity index is 1610. The second kappa shape index (κ2) is 12.2. The van der Waals surface area contributed by atoms with Crippen LogP contribution < -0.4 is 10.2 Å². The molecule has 11 nitrogen and oxygen atoms in total. The molecule has 4 rings (SSSR count). The fourth-order valence-electron chi connectivity index (χ4n) is 4.26. The first-order valence-corrected chi connectivity index (χ1v) is 14.2. The van der Waals surface area contributed by atoms with Crippen LogP contribution in [-0.4, -0.2) is 62.3 Å². The molecule has 1 amide bonds. The highest BCUT2D eigenvalue weighted by atomic mass is 35.5. The highest BCUT2D eigenvalue weighted by Gasteiger charge is 2.31. The second-order valence-corrected chi connectivity index (χ2v) is 11.7. The summed E-state index contributed by atoms with van der Waals surface area (Å²) in [5, 5.41) is 13.6. The van der Waals surface area contributed by atoms with E-state index < -0.39 is 33.4 Å². The average molecular weight is 605 g/mol. The fraction of sp³-hybridized carbons (Fsp3) is 0.259. The van der Waals surface area contributed by atoms with E-state index in [0.29, 0.717) is 18.7 Å². The summed E-state index contributed by atoms with van der Waals surface area (Å²) in [4.78, 5) is 37.4. The molecule has 0 bridgehead atoms. The zero-order valence-electron chi connectivity index (χ0n) is 22.1. The topological polar surface area (TPSA) is 139 Å². The maximum absolute atomic E-state index is 13.4. The lowest BCUT2D eigenvalue weighted by Crippen LogP contribution is -2.48. The van der Waals surface area contributed by atoms with E-state index in [4.69, 9.17) is 16.3 Å². The third kappa shape index (κ3) is 6.81. The molecule has 1 aliphatic rings. The van der Waals surface area contributed by atoms with Crippen molar-refractivity contribution in [1.29, 1.82) is 0 Å². The lowest BCUT2D eigenvalue weighted by molar-refractivity contribution is -0.384. The molecule has 0 aliphatic carbocycles. The standard InChI is InChI=1S/C27H26ClFN4O7S/c1-17-13-23(24(33(36)37)14-18(17)2)30-26(34)16-40-27(35)19-3-8-22(28)25(15-19)41(38,39)32-11-9-31(10-12-32)21-6-4-20(29)5-7-21/h3-8,13-15H,9-12,16H2,1-2H3,(H,30,34). The number of aryl methyl sites for hydroxylation is 2. The summed E-state index contributed by atoms with van der Waals surface area (Å²) in [6.45, 7) is 3.65. The number of rotatable bonds is 8. The number of nitrogens with one attached hydrogen (secondary N) is 1. The number of sulfonamides is 1. The molecule has 0 spiro atoms. The number of esters is 1. The second-order valence-electron chi connectivity index (χ2n) is 9.35. The zero-order chi connectivity index (χ0) is 29.9. The van der Waals surface area contributed by atoms with Gasteiger partial charge in [-0.05, 0) is 73.5 Å². The van der Waals surface area contributed by atoms with Crippen LogP contribution in [0.15, 0.2) is 59.5 Å². The molecule has 3 aromatic rings. The third-order valence-corrected chi connectivity index (χ3v) is 9.01. The van der Waals surface area contributed by atoms with Crippen molar-refractivity contribution in [1.82, 2.24) is 4.31 Å². The molecule has 1 heterocycles. The summed E-state index contributed by atoms with van der Waals surface area (Å²) in [5.74, 6) is -2.16. The van der Waals surface area contributed by atoms with Gasteiger partial charge in [0, 0.05) is 37.9 Å². The molecule has 1 N–H and O–H groups in total. The summed E-state index contributed by atoms with van der Waals surface area (Å²) in [6, 6.07) is 12.3. The average Bonchev–Trinajstić information content (AvgIpc) is 2.94. The Morgan fingerprint density at radius 1 is 1.02 bits per heavy atom. The van der Waals surface area contributed by atoms with Crippen LogP contribution in [0.25, 0.3) is 0 Å². The van der Waals surface area contributed by atoms with Crippen molar-refractivity contribution in [3.8, 4) is 0 Å². The SMILES string of the molecule is Cc1cc(NC(=O)COC(=O)c2ccc(Cl)c(S(=O)(=O)N3CCN(c4ccc(F)cc4)CC3)c2)c([N+](=O)[O-])cc1C. The number of hydrogen-bond donors (Lipinski definition) is 1. The third-order valence-electron chi connectivity index (χ3n) is 6.63. The number of anilines is 2. The first kappa shape index (κ1) is 29.9. The van der Waals surface area contributed by atoms with E-state index in [0.717, 1.165) is 17.3 Å². The molecular formula is C27H26ClFN4O7S. The predicted molar refractivity (Wildman–Crippen MR) is 150 cm³/mol. The van der Waals surface area contributed by atoms with Crippen LogP contribution in [0.1, 0.15) is 21.5 Å². The van der Waals surface area contributed by atoms with Crippen LogP contribution in [0, 0.1) is 29.8 Å². The fourth-order valence-corrected chi connectivity index (χ4v) is 6.18. The van der Waals surface area contributed by atoms with Gasteiger partial charge < -0.3 is 15.0 Å². The summed E-state index contributed by atoms with van der Waals surface area (Å²) >= 11 is 6.20. The van der Waals surface area contributed by atoms with Gasteiger partial charge in [-0.25, -0.2) is 17.6 Å². The van der Waals surface area contributed by atoms with Crippen LogP contribution in [-0.2, 0) is 19.6 Å². The molecule has 1 saturated heterocycles. The Morgan fingerprint density at radius 3 is 2.29 bits per heavy atom. The quantitative estimate of drug-likeness (QED) is 0.228. The minimum Gasteiger partial charge on any atom is -0.452 e. The molecule has 0 saturated carbocycles. The molecule has 3 aromatic carbocycles. The Hall–Kier alpha value is -4.07. The molecule has 0 atom stereocenters. The van der Waals surface area contributed by atoms with Crippen LogP contribution >= 0.6 is 11.6 Å². The van der Waals surface area contributed by atoms with E-state index in [2.05, 4.69) is 5.32 Å². The molecule has 0 radical (unpaired) electrons. The van der Waals surface area contributed by atoms with Gasteiger partial charge in [0.1, 0.15) is 16.4 Å². The van der Waals surface area contributed by atoms with E-state index in [1.54, 1.807) is 26.0 Å². The van der Waals surface area contributed by atoms with Gasteiger partial charge in [0.15, 0.2) is 6.61 Å². The number of piperazine rings is 1. The Kier molecular flexibility index (Phi) is 8.90. The van der Waals surface area contributed by atoms with E-state index >= 15 is 0 Å². The van der Waals surface area contributed by atoms with Gasteiger partial charge in [-0.3, -0.25) is 14.9 Å². The number of benzene rings is 3. The van der Waals surface area contributed by atoms with Crippen molar-refractivity contribution in [3.05, 3.63) is 92.2 Å². The van der Waals surface area contributed by atoms with Crippen LogP contribution in [0.2, 0.25) is 5.02 Å². The van der Waals surface area contributed by atoms with E-state index in [1.165, 1.54) is 40.7 Å². The monoisotopic (exact) mass is 604 g/mol. The predicted octanol–water partition coefficient (Wildman–Crippen LogP) is 4.31. The Balaban J connectivity index is 1.41. The minimum atomic E-state index is -4.09. The number of carbonyl (C=O) groups is 2. The number of hydrogen-bond acceptors (Lipinski definition) is 8. The Morgan fingerprint density at radius 2 is 1.66 bits per heavy atom. The molecule has 0 aromatic heterocycles. The van der Waals surface area contributed by atoms with Crippen molar-refractivity contribution >= 4 is 50.6 Å². The van der Waals surface area contributed by atoms with Gasteiger partial charge in [0.05, 0.1) is 15.5 Å². The smallest absolute Gasteiger partial charge is 0.338 e. The molecule has 0 unspecified atom stereocenters. The first-order valence-electron chi connectivity index (χ1n) is 12.4. The molecule has 14 heteroatoms. The van der Waals surface area contributed by atoms with Gasteiger partial charge in [-0.15, -0.1) is 0 Å². The van der Waals surface area contributed by atoms with Crippen molar-refractivity contribution in [2.24, 2.45) is 0 Å². The lowest BCUT2D eigenvalue weighted by atomic mass is 10.1. The molecule has 1 fully saturated rings. The van der Waals surface area contributed by atoms with Crippen LogP contribution in [0.5, 0.6) is 0 Å². The summed E-state index contributed by atoms with van der Waals surface area (Å²) < 4.78 is 46.3. The number of nitrogens with zero attached hydrogens (tertiary/aromatic N) is 3. The maximum Gasteiger partial charge on any atom is 0.338 e. The van der Waals surface area contributed by atoms with Gasteiger partial charge in [-0.2, -0.15) is 4.31 Å². The highest BCUT2D eigenvalue weighted by molar-refractivity contribution is 7.89. The number of nitro benzene ring substituents is 1. The van der Waals surface area contributed by atoms with Crippen LogP contribution in [0.4, 0.5) is 21.5 Å². The zero-order valence-corrected chi connectivity index (χ0v) is 23.7. The van der Waals surface area contributed by atoms with Gasteiger partial charge >= 0.3 is 5.97 Å². The molecule has 216 valence electrons. The van der Waals surface area contributed by atoms with E-state index in [9.17, 15) is 32.5 Å². The van der Waals surface area contributed by atoms with Crippen molar-refractivity contribution in [3.63, 3.8) is 0 Å². The normalized spacial score (nSPS) is 14.0. The Labute approximate surface area is 240 Å². The largest absolute Gasteiger partial charge is 0.452 e. The van der Waals surface area contributed by atoms with Crippen LogP contribution in [0.3, 0.4) is 0 Å². The number of nitro groups is 1. The van der Waals surface area contributed by atoms with Crippen molar-refractivity contribution in [2.45, 2.75) is 18.7 Å². The molecule has 1 aliphatic heterocycles. The summed E-state index contributed by atoms with van der Waals surface area (Å²) in [7, 11) is -4.09. The highest BCUT2D eigenvalue weighted by Crippen LogP contribution is 2.29. The van der Waals surface area contributed by atoms with Crippen molar-refractivity contribution < 1.29 is 32.1 Å². The van der Waals surface area contributed by atoms with Gasteiger partial charge in [0.2, 0.25) is 10.0 Å². The van der Waals surface area contributed by atoms with Crippen molar-refractivity contribution in [2.75, 3.05) is 43.0 Å².